The summed E-state index contributed by atoms with van der Waals surface area (Å²) in [6.07, 6.45) is 0.135. The molecule has 0 unspecified atom stereocenters. The van der Waals surface area contributed by atoms with E-state index >= 15 is 0 Å². The van der Waals surface area contributed by atoms with E-state index in [1.807, 2.05) is 60.7 Å². The molecule has 1 aliphatic carbocycles. The quantitative estimate of drug-likeness (QED) is 0.256. The van der Waals surface area contributed by atoms with E-state index in [1.54, 1.807) is 39.4 Å². The molecule has 0 saturated heterocycles. The first kappa shape index (κ1) is 30.9. The summed E-state index contributed by atoms with van der Waals surface area (Å²) in [7, 11) is 6.36. The summed E-state index contributed by atoms with van der Waals surface area (Å²) in [5, 5.41) is 0. The van der Waals surface area contributed by atoms with Crippen LogP contribution in [0.5, 0.6) is 23.0 Å². The van der Waals surface area contributed by atoms with Gasteiger partial charge in [0.05, 0.1) is 32.4 Å². The Morgan fingerprint density at radius 3 is 1.91 bits per heavy atom. The van der Waals surface area contributed by atoms with Crippen LogP contribution in [0, 0.1) is 0 Å². The Labute approximate surface area is 262 Å². The third kappa shape index (κ3) is 6.35. The van der Waals surface area contributed by atoms with Crippen LogP contribution < -0.4 is 18.9 Å². The molecule has 0 fully saturated rings. The van der Waals surface area contributed by atoms with Gasteiger partial charge < -0.3 is 47.5 Å². The first-order valence-electron chi connectivity index (χ1n) is 14.6. The zero-order valence-corrected chi connectivity index (χ0v) is 25.7. The number of ether oxygens (including phenoxy) is 9. The fourth-order valence-corrected chi connectivity index (χ4v) is 5.97. The Balaban J connectivity index is 1.44. The number of nitrogens with zero attached hydrogens (tertiary/aromatic N) is 1. The lowest BCUT2D eigenvalue weighted by Crippen LogP contribution is -2.60. The van der Waals surface area contributed by atoms with Crippen LogP contribution in [0.25, 0.3) is 5.57 Å². The molecule has 11 heteroatoms. The van der Waals surface area contributed by atoms with E-state index < -0.39 is 24.4 Å². The molecule has 11 nitrogen and oxygen atoms in total. The predicted octanol–water partition coefficient (Wildman–Crippen LogP) is 4.42. The van der Waals surface area contributed by atoms with E-state index in [0.29, 0.717) is 30.2 Å². The van der Waals surface area contributed by atoms with Crippen molar-refractivity contribution >= 4 is 11.5 Å². The van der Waals surface area contributed by atoms with Gasteiger partial charge in [0.15, 0.2) is 11.5 Å². The molecule has 3 aromatic rings. The van der Waals surface area contributed by atoms with E-state index in [1.165, 1.54) is 0 Å². The van der Waals surface area contributed by atoms with Gasteiger partial charge in [0.25, 0.3) is 5.91 Å². The van der Waals surface area contributed by atoms with Gasteiger partial charge >= 0.3 is 0 Å². The first-order valence-corrected chi connectivity index (χ1v) is 14.6. The Hall–Kier alpha value is -4.13. The second-order valence-corrected chi connectivity index (χ2v) is 10.8. The van der Waals surface area contributed by atoms with Gasteiger partial charge in [0.1, 0.15) is 43.4 Å². The fourth-order valence-electron chi connectivity index (χ4n) is 5.97. The van der Waals surface area contributed by atoms with E-state index in [9.17, 15) is 4.79 Å². The maximum atomic E-state index is 14.4. The average Bonchev–Trinajstić information content (AvgIpc) is 3.55. The second kappa shape index (κ2) is 13.9. The van der Waals surface area contributed by atoms with Gasteiger partial charge in [0.2, 0.25) is 6.79 Å². The third-order valence-electron chi connectivity index (χ3n) is 8.14. The molecule has 6 rings (SSSR count). The third-order valence-corrected chi connectivity index (χ3v) is 8.14. The van der Waals surface area contributed by atoms with Crippen molar-refractivity contribution in [1.29, 1.82) is 0 Å². The minimum absolute atomic E-state index is 0.00248. The molecule has 3 aromatic carbocycles. The van der Waals surface area contributed by atoms with E-state index in [-0.39, 0.29) is 26.3 Å². The zero-order chi connectivity index (χ0) is 31.3. The van der Waals surface area contributed by atoms with Crippen molar-refractivity contribution in [3.63, 3.8) is 0 Å². The van der Waals surface area contributed by atoms with Crippen LogP contribution in [-0.2, 0) is 36.8 Å². The van der Waals surface area contributed by atoms with Gasteiger partial charge in [0, 0.05) is 20.8 Å². The van der Waals surface area contributed by atoms with Gasteiger partial charge in [-0.15, -0.1) is 0 Å². The number of carbonyl (C=O) groups is 1. The summed E-state index contributed by atoms with van der Waals surface area (Å²) >= 11 is 0. The van der Waals surface area contributed by atoms with Crippen LogP contribution in [0.3, 0.4) is 0 Å². The molecule has 0 saturated carbocycles. The zero-order valence-electron chi connectivity index (χ0n) is 25.7. The first-order chi connectivity index (χ1) is 22.0. The van der Waals surface area contributed by atoms with Gasteiger partial charge in [-0.2, -0.15) is 0 Å². The molecular formula is C34H37NO10. The number of rotatable bonds is 13. The molecule has 0 aromatic heterocycles. The van der Waals surface area contributed by atoms with Crippen molar-refractivity contribution < 1.29 is 47.4 Å². The smallest absolute Gasteiger partial charge is 0.255 e. The lowest BCUT2D eigenvalue weighted by Gasteiger charge is -2.48. The van der Waals surface area contributed by atoms with Crippen molar-refractivity contribution in [2.45, 2.75) is 37.5 Å². The van der Waals surface area contributed by atoms with Crippen LogP contribution in [0.15, 0.2) is 66.7 Å². The summed E-state index contributed by atoms with van der Waals surface area (Å²) in [4.78, 5) is 16.2. The van der Waals surface area contributed by atoms with Crippen molar-refractivity contribution in [3.8, 4) is 23.0 Å². The van der Waals surface area contributed by atoms with Crippen molar-refractivity contribution in [1.82, 2.24) is 4.90 Å². The number of benzene rings is 3. The lowest BCUT2D eigenvalue weighted by molar-refractivity contribution is -0.199. The van der Waals surface area contributed by atoms with E-state index in [0.717, 1.165) is 33.8 Å². The Bertz CT molecular complexity index is 1510. The second-order valence-electron chi connectivity index (χ2n) is 10.8. The van der Waals surface area contributed by atoms with E-state index in [4.69, 9.17) is 42.6 Å². The predicted molar refractivity (Wildman–Crippen MR) is 162 cm³/mol. The summed E-state index contributed by atoms with van der Waals surface area (Å²) in [6, 6.07) is 18.4. The largest absolute Gasteiger partial charge is 0.497 e. The van der Waals surface area contributed by atoms with Crippen LogP contribution in [-0.4, -0.2) is 84.0 Å². The maximum Gasteiger partial charge on any atom is 0.255 e. The van der Waals surface area contributed by atoms with Crippen LogP contribution >= 0.6 is 0 Å². The maximum absolute atomic E-state index is 14.4. The number of hydrogen-bond donors (Lipinski definition) is 0. The highest BCUT2D eigenvalue weighted by Gasteiger charge is 2.50. The molecule has 0 spiro atoms. The SMILES string of the molecule is COCO[C@@H]1[C@H](OCOC)[C@H](OCc2ccc(OC)cc2)C=C2c3cc4c(cc3C(=O)N(Cc3ccc(OC)cc3)[C@H]21)OCO4. The summed E-state index contributed by atoms with van der Waals surface area (Å²) < 4.78 is 51.9. The highest BCUT2D eigenvalue weighted by molar-refractivity contribution is 6.05. The van der Waals surface area contributed by atoms with E-state index in [2.05, 4.69) is 0 Å². The molecule has 45 heavy (non-hydrogen) atoms. The molecule has 1 amide bonds. The molecule has 2 aliphatic heterocycles. The van der Waals surface area contributed by atoms with Crippen LogP contribution in [0.2, 0.25) is 0 Å². The summed E-state index contributed by atoms with van der Waals surface area (Å²) in [5.74, 6) is 2.42. The molecule has 2 heterocycles. The van der Waals surface area contributed by atoms with Gasteiger partial charge in [-0.05, 0) is 64.7 Å². The molecule has 0 bridgehead atoms. The molecule has 0 N–H and O–H groups in total. The monoisotopic (exact) mass is 619 g/mol. The highest BCUT2D eigenvalue weighted by Crippen LogP contribution is 2.46. The number of hydrogen-bond acceptors (Lipinski definition) is 10. The minimum atomic E-state index is -0.679. The molecular weight excluding hydrogens is 582 g/mol. The number of methoxy groups -OCH3 is 4. The molecule has 238 valence electrons. The Morgan fingerprint density at radius 2 is 1.31 bits per heavy atom. The Kier molecular flexibility index (Phi) is 9.53. The number of fused-ring (bicyclic) bond motifs is 4. The average molecular weight is 620 g/mol. The lowest BCUT2D eigenvalue weighted by atomic mass is 9.77. The fraction of sp³-hybridized carbons (Fsp3) is 0.382. The van der Waals surface area contributed by atoms with Gasteiger partial charge in [-0.3, -0.25) is 4.79 Å². The number of amides is 1. The Morgan fingerprint density at radius 1 is 0.733 bits per heavy atom. The minimum Gasteiger partial charge on any atom is -0.497 e. The standard InChI is InChI=1S/C34H37NO10/c1-37-18-44-32-30(41-17-22-7-11-24(40-4)12-8-22)14-26-25-13-28-29(43-20-42-28)15-27(25)34(36)35(31(26)33(32)45-19-38-2)16-21-5-9-23(39-3)10-6-21/h5-15,30-33H,16-20H2,1-4H3/t30-,31-,32-,33+/m1/s1. The van der Waals surface area contributed by atoms with Crippen molar-refractivity contribution in [2.75, 3.05) is 48.8 Å². The topological polar surface area (TPSA) is 103 Å². The summed E-state index contributed by atoms with van der Waals surface area (Å²) in [6.45, 7) is 0.669. The van der Waals surface area contributed by atoms with Crippen LogP contribution in [0.1, 0.15) is 27.0 Å². The summed E-state index contributed by atoms with van der Waals surface area (Å²) in [5.41, 5.74) is 3.97. The molecule has 3 aliphatic rings. The molecule has 0 radical (unpaired) electrons. The van der Waals surface area contributed by atoms with Crippen molar-refractivity contribution in [3.05, 3.63) is 89.0 Å². The van der Waals surface area contributed by atoms with Gasteiger partial charge in [-0.1, -0.05) is 24.3 Å². The van der Waals surface area contributed by atoms with Crippen LogP contribution in [0.4, 0.5) is 0 Å². The van der Waals surface area contributed by atoms with Gasteiger partial charge in [-0.25, -0.2) is 0 Å². The number of carbonyl (C=O) groups excluding carboxylic acids is 1. The normalized spacial score (nSPS) is 21.6. The molecule has 4 atom stereocenters. The highest BCUT2D eigenvalue weighted by atomic mass is 16.7. The van der Waals surface area contributed by atoms with Crippen molar-refractivity contribution in [2.24, 2.45) is 0 Å².